The van der Waals surface area contributed by atoms with Gasteiger partial charge in [-0.1, -0.05) is 26.7 Å². The average Bonchev–Trinajstić information content (AvgIpc) is 2.27. The van der Waals surface area contributed by atoms with E-state index in [0.29, 0.717) is 12.5 Å². The molecular weight excluding hydrogens is 255 g/mol. The topological polar surface area (TPSA) is 21.3 Å². The van der Waals surface area contributed by atoms with E-state index in [9.17, 15) is 13.2 Å². The Labute approximate surface area is 114 Å². The maximum Gasteiger partial charge on any atom is 0.391 e. The predicted molar refractivity (Wildman–Crippen MR) is 70.1 cm³/mol. The van der Waals surface area contributed by atoms with Crippen LogP contribution in [0.2, 0.25) is 0 Å². The van der Waals surface area contributed by atoms with Crippen LogP contribution in [-0.2, 0) is 4.74 Å². The Morgan fingerprint density at radius 2 is 2.11 bits per heavy atom. The number of hydrogen-bond donors (Lipinski definition) is 1. The van der Waals surface area contributed by atoms with E-state index >= 15 is 0 Å². The van der Waals surface area contributed by atoms with Crippen LogP contribution in [-0.4, -0.2) is 31.5 Å². The number of hydrogen-bond acceptors (Lipinski definition) is 2. The molecule has 0 aliphatic heterocycles. The van der Waals surface area contributed by atoms with Gasteiger partial charge in [-0.2, -0.15) is 13.2 Å². The standard InChI is InChI=1S/C14H26F3NO/c1-3-8-18-11-13(6-4-5-12(2)10-13)19-9-7-14(15,16)17/h12,18H,3-11H2,1-2H3. The molecule has 0 heterocycles. The van der Waals surface area contributed by atoms with Crippen molar-refractivity contribution in [3.05, 3.63) is 0 Å². The fourth-order valence-corrected chi connectivity index (χ4v) is 2.83. The molecule has 0 aromatic rings. The number of alkyl halides is 3. The van der Waals surface area contributed by atoms with Crippen molar-refractivity contribution in [1.29, 1.82) is 0 Å². The van der Waals surface area contributed by atoms with Gasteiger partial charge in [0.1, 0.15) is 0 Å². The molecule has 0 saturated heterocycles. The molecule has 0 aromatic carbocycles. The van der Waals surface area contributed by atoms with E-state index in [0.717, 1.165) is 38.6 Å². The van der Waals surface area contributed by atoms with Gasteiger partial charge in [-0.15, -0.1) is 0 Å². The number of halogens is 3. The molecule has 2 unspecified atom stereocenters. The maximum atomic E-state index is 12.2. The van der Waals surface area contributed by atoms with Crippen molar-refractivity contribution in [2.45, 2.75) is 64.1 Å². The second-order valence-electron chi connectivity index (χ2n) is 5.77. The maximum absolute atomic E-state index is 12.2. The zero-order valence-electron chi connectivity index (χ0n) is 12.0. The molecule has 2 atom stereocenters. The summed E-state index contributed by atoms with van der Waals surface area (Å²) in [6.07, 6.45) is -0.0317. The van der Waals surface area contributed by atoms with Crippen molar-refractivity contribution in [3.63, 3.8) is 0 Å². The summed E-state index contributed by atoms with van der Waals surface area (Å²) < 4.78 is 42.3. The van der Waals surface area contributed by atoms with Crippen LogP contribution in [0.25, 0.3) is 0 Å². The summed E-state index contributed by atoms with van der Waals surface area (Å²) in [6, 6.07) is 0. The van der Waals surface area contributed by atoms with Crippen molar-refractivity contribution in [2.75, 3.05) is 19.7 Å². The van der Waals surface area contributed by atoms with Crippen LogP contribution in [0.15, 0.2) is 0 Å². The molecular formula is C14H26F3NO. The van der Waals surface area contributed by atoms with Gasteiger partial charge in [-0.05, 0) is 31.7 Å². The van der Waals surface area contributed by atoms with Gasteiger partial charge in [-0.3, -0.25) is 0 Å². The number of rotatable bonds is 7. The van der Waals surface area contributed by atoms with E-state index in [1.165, 1.54) is 0 Å². The van der Waals surface area contributed by atoms with Gasteiger partial charge in [0.15, 0.2) is 0 Å². The minimum absolute atomic E-state index is 0.218. The Bertz CT molecular complexity index is 258. The second kappa shape index (κ2) is 7.48. The molecule has 0 spiro atoms. The highest BCUT2D eigenvalue weighted by Crippen LogP contribution is 2.35. The highest BCUT2D eigenvalue weighted by atomic mass is 19.4. The van der Waals surface area contributed by atoms with Gasteiger partial charge >= 0.3 is 6.18 Å². The summed E-state index contributed by atoms with van der Waals surface area (Å²) in [6.45, 7) is 5.57. The van der Waals surface area contributed by atoms with E-state index in [2.05, 4.69) is 19.2 Å². The minimum atomic E-state index is -4.13. The molecule has 0 amide bonds. The lowest BCUT2D eigenvalue weighted by molar-refractivity contribution is -0.163. The fourth-order valence-electron chi connectivity index (χ4n) is 2.83. The molecule has 1 saturated carbocycles. The SMILES string of the molecule is CCCNCC1(OCCC(F)(F)F)CCCC(C)C1. The lowest BCUT2D eigenvalue weighted by Gasteiger charge is -2.40. The van der Waals surface area contributed by atoms with E-state index < -0.39 is 18.2 Å². The zero-order valence-corrected chi connectivity index (χ0v) is 12.0. The summed E-state index contributed by atoms with van der Waals surface area (Å²) in [5, 5.41) is 3.31. The van der Waals surface area contributed by atoms with Crippen LogP contribution in [0.3, 0.4) is 0 Å². The summed E-state index contributed by atoms with van der Waals surface area (Å²) >= 11 is 0. The smallest absolute Gasteiger partial charge is 0.373 e. The lowest BCUT2D eigenvalue weighted by Crippen LogP contribution is -2.47. The third-order valence-corrected chi connectivity index (χ3v) is 3.72. The summed E-state index contributed by atoms with van der Waals surface area (Å²) in [5.74, 6) is 0.531. The van der Waals surface area contributed by atoms with Crippen molar-refractivity contribution in [3.8, 4) is 0 Å². The molecule has 1 aliphatic rings. The Morgan fingerprint density at radius 3 is 2.68 bits per heavy atom. The molecule has 1 fully saturated rings. The molecule has 0 radical (unpaired) electrons. The van der Waals surface area contributed by atoms with Crippen LogP contribution >= 0.6 is 0 Å². The van der Waals surface area contributed by atoms with Crippen LogP contribution in [0.5, 0.6) is 0 Å². The van der Waals surface area contributed by atoms with Crippen LogP contribution in [0.4, 0.5) is 13.2 Å². The van der Waals surface area contributed by atoms with Crippen molar-refractivity contribution in [1.82, 2.24) is 5.32 Å². The van der Waals surface area contributed by atoms with Crippen LogP contribution < -0.4 is 5.32 Å². The molecule has 1 rings (SSSR count). The third kappa shape index (κ3) is 6.61. The van der Waals surface area contributed by atoms with Gasteiger partial charge in [0.05, 0.1) is 18.6 Å². The normalized spacial score (nSPS) is 28.6. The minimum Gasteiger partial charge on any atom is -0.373 e. The van der Waals surface area contributed by atoms with E-state index in [1.807, 2.05) is 0 Å². The zero-order chi connectivity index (χ0) is 14.4. The molecule has 0 bridgehead atoms. The Kier molecular flexibility index (Phi) is 6.60. The fraction of sp³-hybridized carbons (Fsp3) is 1.00. The Morgan fingerprint density at radius 1 is 1.37 bits per heavy atom. The first-order valence-electron chi connectivity index (χ1n) is 7.28. The lowest BCUT2D eigenvalue weighted by atomic mass is 9.78. The summed E-state index contributed by atoms with van der Waals surface area (Å²) in [7, 11) is 0. The molecule has 2 nitrogen and oxygen atoms in total. The Hall–Kier alpha value is -0.290. The Balaban J connectivity index is 2.48. The number of ether oxygens (including phenoxy) is 1. The van der Waals surface area contributed by atoms with Crippen molar-refractivity contribution < 1.29 is 17.9 Å². The molecule has 19 heavy (non-hydrogen) atoms. The summed E-state index contributed by atoms with van der Waals surface area (Å²) in [5.41, 5.74) is -0.391. The van der Waals surface area contributed by atoms with E-state index in [-0.39, 0.29) is 6.61 Å². The largest absolute Gasteiger partial charge is 0.391 e. The average molecular weight is 281 g/mol. The van der Waals surface area contributed by atoms with E-state index in [4.69, 9.17) is 4.74 Å². The molecule has 1 aliphatic carbocycles. The van der Waals surface area contributed by atoms with Crippen LogP contribution in [0.1, 0.15) is 52.4 Å². The third-order valence-electron chi connectivity index (χ3n) is 3.72. The first kappa shape index (κ1) is 16.8. The van der Waals surface area contributed by atoms with Crippen LogP contribution in [0, 0.1) is 5.92 Å². The van der Waals surface area contributed by atoms with Crippen molar-refractivity contribution >= 4 is 0 Å². The molecule has 1 N–H and O–H groups in total. The summed E-state index contributed by atoms with van der Waals surface area (Å²) in [4.78, 5) is 0. The highest BCUT2D eigenvalue weighted by molar-refractivity contribution is 4.89. The van der Waals surface area contributed by atoms with Gasteiger partial charge in [0.2, 0.25) is 0 Å². The molecule has 5 heteroatoms. The second-order valence-corrected chi connectivity index (χ2v) is 5.77. The molecule has 0 aromatic heterocycles. The first-order valence-corrected chi connectivity index (χ1v) is 7.28. The predicted octanol–water partition coefficient (Wildman–Crippen LogP) is 3.90. The molecule has 114 valence electrons. The van der Waals surface area contributed by atoms with Gasteiger partial charge in [0, 0.05) is 6.54 Å². The van der Waals surface area contributed by atoms with E-state index in [1.54, 1.807) is 0 Å². The van der Waals surface area contributed by atoms with Crippen molar-refractivity contribution in [2.24, 2.45) is 5.92 Å². The highest BCUT2D eigenvalue weighted by Gasteiger charge is 2.37. The van der Waals surface area contributed by atoms with Gasteiger partial charge in [0.25, 0.3) is 0 Å². The van der Waals surface area contributed by atoms with Gasteiger partial charge in [-0.25, -0.2) is 0 Å². The van der Waals surface area contributed by atoms with Gasteiger partial charge < -0.3 is 10.1 Å². The number of nitrogens with one attached hydrogen (secondary N) is 1. The first-order chi connectivity index (χ1) is 8.87. The quantitative estimate of drug-likeness (QED) is 0.714. The monoisotopic (exact) mass is 281 g/mol.